The van der Waals surface area contributed by atoms with E-state index in [1.807, 2.05) is 18.2 Å². The van der Waals surface area contributed by atoms with Gasteiger partial charge in [-0.3, -0.25) is 0 Å². The highest BCUT2D eigenvalue weighted by atomic mass is 35.5. The average Bonchev–Trinajstić information content (AvgIpc) is 2.59. The molecule has 1 aromatic rings. The number of hydrogen-bond acceptors (Lipinski definition) is 2. The summed E-state index contributed by atoms with van der Waals surface area (Å²) in [5.74, 6) is 1.40. The molecule has 0 saturated carbocycles. The van der Waals surface area contributed by atoms with Crippen molar-refractivity contribution < 1.29 is 5.11 Å². The molecular formula is C13H18ClNO. The zero-order valence-corrected chi connectivity index (χ0v) is 10.5. The molecule has 0 aromatic heterocycles. The molecule has 88 valence electrons. The molecule has 2 rings (SSSR count). The van der Waals surface area contributed by atoms with Gasteiger partial charge in [-0.15, -0.1) is 0 Å². The highest BCUT2D eigenvalue weighted by Gasteiger charge is 2.27. The summed E-state index contributed by atoms with van der Waals surface area (Å²) in [5.41, 5.74) is 1.94. The first-order valence-electron chi connectivity index (χ1n) is 5.76. The van der Waals surface area contributed by atoms with Gasteiger partial charge in [-0.25, -0.2) is 0 Å². The Morgan fingerprint density at radius 2 is 1.94 bits per heavy atom. The predicted octanol–water partition coefficient (Wildman–Crippen LogP) is 2.92. The first kappa shape index (κ1) is 11.7. The Morgan fingerprint density at radius 3 is 2.50 bits per heavy atom. The first-order chi connectivity index (χ1) is 7.63. The summed E-state index contributed by atoms with van der Waals surface area (Å²) >= 11 is 6.09. The molecule has 2 atom stereocenters. The predicted molar refractivity (Wildman–Crippen MR) is 67.9 cm³/mol. The maximum Gasteiger partial charge on any atom is 0.0716 e. The Morgan fingerprint density at radius 1 is 1.31 bits per heavy atom. The number of aliphatic hydroxyl groups is 1. The number of nitrogens with zero attached hydrogens (tertiary/aromatic N) is 1. The van der Waals surface area contributed by atoms with Crippen LogP contribution in [0.5, 0.6) is 0 Å². The number of anilines is 1. The first-order valence-corrected chi connectivity index (χ1v) is 6.14. The standard InChI is InChI=1S/C13H18ClNO/c1-9-6-15(7-10(9)2)13-5-3-4-12(14)11(13)8-16/h3-5,9-10,16H,6-8H2,1-2H3. The third kappa shape index (κ3) is 2.04. The summed E-state index contributed by atoms with van der Waals surface area (Å²) < 4.78 is 0. The fourth-order valence-corrected chi connectivity index (χ4v) is 2.56. The summed E-state index contributed by atoms with van der Waals surface area (Å²) in [5, 5.41) is 10.0. The Hall–Kier alpha value is -0.730. The molecule has 1 aliphatic heterocycles. The molecule has 1 aliphatic rings. The summed E-state index contributed by atoms with van der Waals surface area (Å²) in [6.45, 7) is 6.65. The highest BCUT2D eigenvalue weighted by molar-refractivity contribution is 6.31. The van der Waals surface area contributed by atoms with Gasteiger partial charge < -0.3 is 10.0 Å². The van der Waals surface area contributed by atoms with Gasteiger partial charge in [0, 0.05) is 29.4 Å². The molecule has 0 aliphatic carbocycles. The lowest BCUT2D eigenvalue weighted by Gasteiger charge is -2.22. The second-order valence-corrected chi connectivity index (χ2v) is 5.16. The van der Waals surface area contributed by atoms with E-state index < -0.39 is 0 Å². The normalized spacial score (nSPS) is 25.1. The second kappa shape index (κ2) is 4.64. The second-order valence-electron chi connectivity index (χ2n) is 4.76. The molecule has 16 heavy (non-hydrogen) atoms. The van der Waals surface area contributed by atoms with Crippen LogP contribution < -0.4 is 4.90 Å². The van der Waals surface area contributed by atoms with Crippen LogP contribution in [0.1, 0.15) is 19.4 Å². The third-order valence-electron chi connectivity index (χ3n) is 3.58. The van der Waals surface area contributed by atoms with Crippen LogP contribution in [0.4, 0.5) is 5.69 Å². The van der Waals surface area contributed by atoms with Gasteiger partial charge in [0.15, 0.2) is 0 Å². The monoisotopic (exact) mass is 239 g/mol. The van der Waals surface area contributed by atoms with Crippen molar-refractivity contribution in [2.45, 2.75) is 20.5 Å². The van der Waals surface area contributed by atoms with Crippen LogP contribution in [0.25, 0.3) is 0 Å². The Balaban J connectivity index is 2.31. The average molecular weight is 240 g/mol. The van der Waals surface area contributed by atoms with Crippen molar-refractivity contribution in [2.24, 2.45) is 11.8 Å². The number of hydrogen-bond donors (Lipinski definition) is 1. The molecule has 1 saturated heterocycles. The largest absolute Gasteiger partial charge is 0.392 e. The lowest BCUT2D eigenvalue weighted by Crippen LogP contribution is -2.21. The van der Waals surface area contributed by atoms with Crippen LogP contribution in [0, 0.1) is 11.8 Å². The van der Waals surface area contributed by atoms with Gasteiger partial charge in [-0.2, -0.15) is 0 Å². The molecule has 0 spiro atoms. The lowest BCUT2D eigenvalue weighted by molar-refractivity contribution is 0.282. The van der Waals surface area contributed by atoms with E-state index in [9.17, 15) is 5.11 Å². The van der Waals surface area contributed by atoms with Crippen LogP contribution >= 0.6 is 11.6 Å². The third-order valence-corrected chi connectivity index (χ3v) is 3.94. The smallest absolute Gasteiger partial charge is 0.0716 e. The molecule has 1 aromatic carbocycles. The quantitative estimate of drug-likeness (QED) is 0.858. The van der Waals surface area contributed by atoms with Crippen LogP contribution in [0.3, 0.4) is 0 Å². The maximum absolute atomic E-state index is 9.38. The van der Waals surface area contributed by atoms with E-state index in [4.69, 9.17) is 11.6 Å². The Labute approximate surface area is 102 Å². The topological polar surface area (TPSA) is 23.5 Å². The zero-order valence-electron chi connectivity index (χ0n) is 9.78. The number of halogens is 1. The Kier molecular flexibility index (Phi) is 3.41. The molecule has 0 amide bonds. The van der Waals surface area contributed by atoms with Crippen molar-refractivity contribution in [3.8, 4) is 0 Å². The molecule has 1 N–H and O–H groups in total. The molecule has 1 fully saturated rings. The van der Waals surface area contributed by atoms with Gasteiger partial charge in [0.1, 0.15) is 0 Å². The summed E-state index contributed by atoms with van der Waals surface area (Å²) in [6.07, 6.45) is 0. The molecule has 3 heteroatoms. The molecule has 1 heterocycles. The maximum atomic E-state index is 9.38. The SMILES string of the molecule is CC1CN(c2cccc(Cl)c2CO)CC1C. The van der Waals surface area contributed by atoms with Crippen molar-refractivity contribution in [1.82, 2.24) is 0 Å². The zero-order chi connectivity index (χ0) is 11.7. The van der Waals surface area contributed by atoms with Gasteiger partial charge in [-0.1, -0.05) is 31.5 Å². The van der Waals surface area contributed by atoms with Gasteiger partial charge in [0.05, 0.1) is 6.61 Å². The van der Waals surface area contributed by atoms with E-state index in [0.717, 1.165) is 24.3 Å². The number of benzene rings is 1. The van der Waals surface area contributed by atoms with Crippen LogP contribution in [-0.2, 0) is 6.61 Å². The minimum Gasteiger partial charge on any atom is -0.392 e. The summed E-state index contributed by atoms with van der Waals surface area (Å²) in [6, 6.07) is 5.83. The van der Waals surface area contributed by atoms with Crippen molar-refractivity contribution in [2.75, 3.05) is 18.0 Å². The molecule has 2 unspecified atom stereocenters. The van der Waals surface area contributed by atoms with Crippen LogP contribution in [0.2, 0.25) is 5.02 Å². The van der Waals surface area contributed by atoms with Crippen LogP contribution in [-0.4, -0.2) is 18.2 Å². The fraction of sp³-hybridized carbons (Fsp3) is 0.538. The van der Waals surface area contributed by atoms with E-state index >= 15 is 0 Å². The van der Waals surface area contributed by atoms with Crippen molar-refractivity contribution >= 4 is 17.3 Å². The van der Waals surface area contributed by atoms with E-state index in [-0.39, 0.29) is 6.61 Å². The van der Waals surface area contributed by atoms with Gasteiger partial charge in [-0.05, 0) is 24.0 Å². The number of rotatable bonds is 2. The van der Waals surface area contributed by atoms with Gasteiger partial charge in [0.25, 0.3) is 0 Å². The van der Waals surface area contributed by atoms with Crippen LogP contribution in [0.15, 0.2) is 18.2 Å². The van der Waals surface area contributed by atoms with E-state index in [0.29, 0.717) is 16.9 Å². The van der Waals surface area contributed by atoms with E-state index in [1.54, 1.807) is 0 Å². The van der Waals surface area contributed by atoms with Crippen molar-refractivity contribution in [3.05, 3.63) is 28.8 Å². The van der Waals surface area contributed by atoms with Gasteiger partial charge >= 0.3 is 0 Å². The minimum atomic E-state index is 0.00820. The summed E-state index contributed by atoms with van der Waals surface area (Å²) in [7, 11) is 0. The molecule has 0 bridgehead atoms. The lowest BCUT2D eigenvalue weighted by atomic mass is 10.0. The summed E-state index contributed by atoms with van der Waals surface area (Å²) in [4.78, 5) is 2.33. The molecular weight excluding hydrogens is 222 g/mol. The molecule has 2 nitrogen and oxygen atoms in total. The van der Waals surface area contributed by atoms with E-state index in [1.165, 1.54) is 0 Å². The molecule has 0 radical (unpaired) electrons. The van der Waals surface area contributed by atoms with Gasteiger partial charge in [0.2, 0.25) is 0 Å². The van der Waals surface area contributed by atoms with Crippen molar-refractivity contribution in [3.63, 3.8) is 0 Å². The van der Waals surface area contributed by atoms with Crippen molar-refractivity contribution in [1.29, 1.82) is 0 Å². The highest BCUT2D eigenvalue weighted by Crippen LogP contribution is 2.33. The van der Waals surface area contributed by atoms with E-state index in [2.05, 4.69) is 18.7 Å². The Bertz CT molecular complexity index is 370. The minimum absolute atomic E-state index is 0.00820. The fourth-order valence-electron chi connectivity index (χ4n) is 2.33. The number of aliphatic hydroxyl groups excluding tert-OH is 1.